The first-order valence-electron chi connectivity index (χ1n) is 6.03. The summed E-state index contributed by atoms with van der Waals surface area (Å²) in [4.78, 5) is 33.6. The lowest BCUT2D eigenvalue weighted by molar-refractivity contribution is -0.146. The van der Waals surface area contributed by atoms with Crippen LogP contribution in [0.25, 0.3) is 0 Å². The summed E-state index contributed by atoms with van der Waals surface area (Å²) in [6.45, 7) is 6.83. The number of carbonyl (C=O) groups is 3. The van der Waals surface area contributed by atoms with Crippen LogP contribution in [0.4, 0.5) is 4.79 Å². The van der Waals surface area contributed by atoms with Crippen LogP contribution in [0.5, 0.6) is 0 Å². The Morgan fingerprint density at radius 3 is 2.26 bits per heavy atom. The molecule has 1 amide bonds. The Labute approximate surface area is 112 Å². The van der Waals surface area contributed by atoms with E-state index in [0.717, 1.165) is 0 Å². The van der Waals surface area contributed by atoms with E-state index in [2.05, 4.69) is 5.32 Å². The molecule has 1 atom stereocenters. The van der Waals surface area contributed by atoms with E-state index in [4.69, 9.17) is 14.6 Å². The average Bonchev–Trinajstić information content (AvgIpc) is 2.21. The number of alkyl carbamates (subject to hydrolysis) is 1. The number of carboxylic acids is 1. The molecule has 0 aromatic carbocycles. The lowest BCUT2D eigenvalue weighted by atomic mass is 10.1. The summed E-state index contributed by atoms with van der Waals surface area (Å²) in [7, 11) is 0. The molecule has 0 aromatic rings. The summed E-state index contributed by atoms with van der Waals surface area (Å²) in [6.07, 6.45) is -1.08. The van der Waals surface area contributed by atoms with Crippen LogP contribution in [-0.2, 0) is 19.1 Å². The number of hydrogen-bond acceptors (Lipinski definition) is 5. The summed E-state index contributed by atoms with van der Waals surface area (Å²) in [5, 5.41) is 10.9. The quantitative estimate of drug-likeness (QED) is 0.708. The zero-order valence-electron chi connectivity index (χ0n) is 11.7. The minimum Gasteiger partial charge on any atom is -0.481 e. The van der Waals surface area contributed by atoms with Gasteiger partial charge in [0.25, 0.3) is 0 Å². The van der Waals surface area contributed by atoms with Gasteiger partial charge in [-0.15, -0.1) is 0 Å². The number of ether oxygens (including phenoxy) is 2. The Morgan fingerprint density at radius 2 is 1.84 bits per heavy atom. The smallest absolute Gasteiger partial charge is 0.408 e. The molecule has 19 heavy (non-hydrogen) atoms. The maximum atomic E-state index is 11.6. The molecule has 7 nitrogen and oxygen atoms in total. The molecule has 0 saturated heterocycles. The third kappa shape index (κ3) is 8.87. The van der Waals surface area contributed by atoms with E-state index in [0.29, 0.717) is 0 Å². The van der Waals surface area contributed by atoms with Gasteiger partial charge in [0.1, 0.15) is 11.6 Å². The van der Waals surface area contributed by atoms with Crippen molar-refractivity contribution in [2.24, 2.45) is 0 Å². The molecule has 7 heteroatoms. The molecule has 0 aliphatic heterocycles. The predicted octanol–water partition coefficient (Wildman–Crippen LogP) is 1.31. The second-order valence-electron chi connectivity index (χ2n) is 4.88. The van der Waals surface area contributed by atoms with Crippen LogP contribution in [0, 0.1) is 0 Å². The molecular formula is C12H21NO6. The Morgan fingerprint density at radius 1 is 1.26 bits per heavy atom. The molecule has 0 rings (SSSR count). The SMILES string of the molecule is CCOC(=O)[C@@H](CCC(=O)O)NC(=O)OC(C)(C)C. The van der Waals surface area contributed by atoms with E-state index in [1.807, 2.05) is 0 Å². The summed E-state index contributed by atoms with van der Waals surface area (Å²) in [5.74, 6) is -1.73. The number of hydrogen-bond donors (Lipinski definition) is 2. The fraction of sp³-hybridized carbons (Fsp3) is 0.750. The maximum Gasteiger partial charge on any atom is 0.408 e. The minimum absolute atomic E-state index is 0.0482. The van der Waals surface area contributed by atoms with Crippen molar-refractivity contribution in [1.82, 2.24) is 5.32 Å². The summed E-state index contributed by atoms with van der Waals surface area (Å²) < 4.78 is 9.76. The van der Waals surface area contributed by atoms with Crippen LogP contribution in [0.1, 0.15) is 40.5 Å². The fourth-order valence-corrected chi connectivity index (χ4v) is 1.21. The summed E-state index contributed by atoms with van der Waals surface area (Å²) in [5.41, 5.74) is -0.698. The molecule has 0 spiro atoms. The molecule has 0 unspecified atom stereocenters. The second kappa shape index (κ2) is 7.60. The zero-order chi connectivity index (χ0) is 15.1. The van der Waals surface area contributed by atoms with Crippen molar-refractivity contribution in [3.63, 3.8) is 0 Å². The van der Waals surface area contributed by atoms with Gasteiger partial charge in [-0.1, -0.05) is 0 Å². The highest BCUT2D eigenvalue weighted by atomic mass is 16.6. The van der Waals surface area contributed by atoms with Crippen molar-refractivity contribution >= 4 is 18.0 Å². The molecule has 0 heterocycles. The van der Waals surface area contributed by atoms with Crippen LogP contribution < -0.4 is 5.32 Å². The number of esters is 1. The van der Waals surface area contributed by atoms with Crippen molar-refractivity contribution in [3.8, 4) is 0 Å². The fourth-order valence-electron chi connectivity index (χ4n) is 1.21. The van der Waals surface area contributed by atoms with Crippen LogP contribution in [-0.4, -0.2) is 41.4 Å². The average molecular weight is 275 g/mol. The topological polar surface area (TPSA) is 102 Å². The van der Waals surface area contributed by atoms with Crippen LogP contribution in [0.15, 0.2) is 0 Å². The van der Waals surface area contributed by atoms with E-state index in [1.54, 1.807) is 27.7 Å². The van der Waals surface area contributed by atoms with Crippen molar-refractivity contribution in [2.45, 2.75) is 52.2 Å². The molecule has 110 valence electrons. The van der Waals surface area contributed by atoms with Crippen molar-refractivity contribution in [2.75, 3.05) is 6.61 Å². The second-order valence-corrected chi connectivity index (χ2v) is 4.88. The molecular weight excluding hydrogens is 254 g/mol. The van der Waals surface area contributed by atoms with E-state index in [-0.39, 0.29) is 19.4 Å². The molecule has 0 saturated carbocycles. The lowest BCUT2D eigenvalue weighted by Crippen LogP contribution is -2.44. The number of aliphatic carboxylic acids is 1. The van der Waals surface area contributed by atoms with Gasteiger partial charge in [-0.3, -0.25) is 4.79 Å². The normalized spacial score (nSPS) is 12.4. The van der Waals surface area contributed by atoms with Gasteiger partial charge in [-0.25, -0.2) is 9.59 Å². The van der Waals surface area contributed by atoms with Gasteiger partial charge >= 0.3 is 18.0 Å². The van der Waals surface area contributed by atoms with Gasteiger partial charge in [0, 0.05) is 6.42 Å². The first-order valence-corrected chi connectivity index (χ1v) is 6.03. The van der Waals surface area contributed by atoms with Crippen LogP contribution in [0.2, 0.25) is 0 Å². The standard InChI is InChI=1S/C12H21NO6/c1-5-18-10(16)8(6-7-9(14)15)13-11(17)19-12(2,3)4/h8H,5-7H2,1-4H3,(H,13,17)(H,14,15)/t8-/m1/s1. The van der Waals surface area contributed by atoms with E-state index < -0.39 is 29.7 Å². The molecule has 2 N–H and O–H groups in total. The Hall–Kier alpha value is -1.79. The van der Waals surface area contributed by atoms with Gasteiger partial charge in [0.15, 0.2) is 0 Å². The van der Waals surface area contributed by atoms with Gasteiger partial charge < -0.3 is 19.9 Å². The number of nitrogens with one attached hydrogen (secondary N) is 1. The van der Waals surface area contributed by atoms with Gasteiger partial charge in [-0.05, 0) is 34.1 Å². The monoisotopic (exact) mass is 275 g/mol. The Kier molecular flexibility index (Phi) is 6.89. The number of carboxylic acid groups (broad SMARTS) is 1. The zero-order valence-corrected chi connectivity index (χ0v) is 11.7. The first kappa shape index (κ1) is 17.2. The molecule has 0 radical (unpaired) electrons. The predicted molar refractivity (Wildman–Crippen MR) is 66.7 cm³/mol. The van der Waals surface area contributed by atoms with Crippen LogP contribution in [0.3, 0.4) is 0 Å². The summed E-state index contributed by atoms with van der Waals surface area (Å²) in [6, 6.07) is -1.02. The number of rotatable bonds is 6. The Balaban J connectivity index is 4.52. The highest BCUT2D eigenvalue weighted by molar-refractivity contribution is 5.82. The first-order chi connectivity index (χ1) is 8.65. The number of amides is 1. The van der Waals surface area contributed by atoms with Gasteiger partial charge in [-0.2, -0.15) is 0 Å². The largest absolute Gasteiger partial charge is 0.481 e. The van der Waals surface area contributed by atoms with Crippen molar-refractivity contribution in [1.29, 1.82) is 0 Å². The van der Waals surface area contributed by atoms with E-state index in [1.165, 1.54) is 0 Å². The molecule has 0 aliphatic rings. The van der Waals surface area contributed by atoms with Crippen LogP contribution >= 0.6 is 0 Å². The molecule has 0 fully saturated rings. The lowest BCUT2D eigenvalue weighted by Gasteiger charge is -2.22. The third-order valence-electron chi connectivity index (χ3n) is 1.91. The highest BCUT2D eigenvalue weighted by Crippen LogP contribution is 2.08. The third-order valence-corrected chi connectivity index (χ3v) is 1.91. The van der Waals surface area contributed by atoms with Gasteiger partial charge in [0.2, 0.25) is 0 Å². The Bertz CT molecular complexity index is 334. The van der Waals surface area contributed by atoms with Crippen molar-refractivity contribution < 1.29 is 29.0 Å². The molecule has 0 aliphatic carbocycles. The molecule has 0 bridgehead atoms. The van der Waals surface area contributed by atoms with E-state index >= 15 is 0 Å². The highest BCUT2D eigenvalue weighted by Gasteiger charge is 2.25. The van der Waals surface area contributed by atoms with E-state index in [9.17, 15) is 14.4 Å². The van der Waals surface area contributed by atoms with Crippen molar-refractivity contribution in [3.05, 3.63) is 0 Å². The minimum atomic E-state index is -1.06. The maximum absolute atomic E-state index is 11.6. The molecule has 0 aromatic heterocycles. The summed E-state index contributed by atoms with van der Waals surface area (Å²) >= 11 is 0. The van der Waals surface area contributed by atoms with Gasteiger partial charge in [0.05, 0.1) is 6.61 Å². The number of carbonyl (C=O) groups excluding carboxylic acids is 2.